The van der Waals surface area contributed by atoms with Crippen molar-refractivity contribution in [2.45, 2.75) is 33.1 Å². The second-order valence-electron chi connectivity index (χ2n) is 6.65. The average molecular weight is 340 g/mol. The van der Waals surface area contributed by atoms with Gasteiger partial charge in [-0.25, -0.2) is 4.68 Å². The van der Waals surface area contributed by atoms with Crippen molar-refractivity contribution in [3.63, 3.8) is 0 Å². The number of carbonyl (C=O) groups excluding carboxylic acids is 2. The fourth-order valence-corrected chi connectivity index (χ4v) is 3.45. The standard InChI is InChI=1S/C19H24N4O2/c1-13-17(14(2)23(21-13)16-8-4-3-5-9-16)11-18(24)22-10-6-7-15(12-22)19(20)25/h3-5,8-9,15H,6-7,10-12H2,1-2H3,(H2,20,25). The van der Waals surface area contributed by atoms with Crippen LogP contribution in [0.25, 0.3) is 5.69 Å². The lowest BCUT2D eigenvalue weighted by Crippen LogP contribution is -2.44. The first-order valence-corrected chi connectivity index (χ1v) is 8.65. The summed E-state index contributed by atoms with van der Waals surface area (Å²) >= 11 is 0. The molecule has 1 saturated heterocycles. The van der Waals surface area contributed by atoms with E-state index in [1.807, 2.05) is 48.9 Å². The lowest BCUT2D eigenvalue weighted by Gasteiger charge is -2.31. The Labute approximate surface area is 147 Å². The molecule has 6 heteroatoms. The van der Waals surface area contributed by atoms with Crippen LogP contribution >= 0.6 is 0 Å². The van der Waals surface area contributed by atoms with Gasteiger partial charge in [0.2, 0.25) is 11.8 Å². The molecule has 1 aliphatic heterocycles. The number of nitrogens with two attached hydrogens (primary N) is 1. The Morgan fingerprint density at radius 1 is 1.24 bits per heavy atom. The van der Waals surface area contributed by atoms with Gasteiger partial charge in [0, 0.05) is 24.3 Å². The summed E-state index contributed by atoms with van der Waals surface area (Å²) in [4.78, 5) is 25.9. The first-order valence-electron chi connectivity index (χ1n) is 8.65. The molecule has 2 heterocycles. The quantitative estimate of drug-likeness (QED) is 0.921. The number of amides is 2. The van der Waals surface area contributed by atoms with Gasteiger partial charge in [0.25, 0.3) is 0 Å². The van der Waals surface area contributed by atoms with Crippen LogP contribution in [0.5, 0.6) is 0 Å². The highest BCUT2D eigenvalue weighted by Gasteiger charge is 2.28. The Bertz CT molecular complexity index is 782. The number of rotatable bonds is 4. The van der Waals surface area contributed by atoms with E-state index in [1.165, 1.54) is 0 Å². The van der Waals surface area contributed by atoms with Crippen LogP contribution in [0.1, 0.15) is 29.8 Å². The summed E-state index contributed by atoms with van der Waals surface area (Å²) in [7, 11) is 0. The molecule has 2 N–H and O–H groups in total. The van der Waals surface area contributed by atoms with Gasteiger partial charge in [-0.2, -0.15) is 5.10 Å². The lowest BCUT2D eigenvalue weighted by atomic mass is 9.97. The van der Waals surface area contributed by atoms with E-state index in [4.69, 9.17) is 5.73 Å². The van der Waals surface area contributed by atoms with Crippen LogP contribution in [0, 0.1) is 19.8 Å². The SMILES string of the molecule is Cc1nn(-c2ccccc2)c(C)c1CC(=O)N1CCCC(C(N)=O)C1. The molecule has 0 aliphatic carbocycles. The van der Waals surface area contributed by atoms with E-state index >= 15 is 0 Å². The van der Waals surface area contributed by atoms with Crippen molar-refractivity contribution in [1.82, 2.24) is 14.7 Å². The number of para-hydroxylation sites is 1. The number of benzene rings is 1. The first kappa shape index (κ1) is 17.2. The Balaban J connectivity index is 1.78. The van der Waals surface area contributed by atoms with E-state index in [0.717, 1.165) is 35.5 Å². The highest BCUT2D eigenvalue weighted by molar-refractivity contribution is 5.81. The predicted octanol–water partition coefficient (Wildman–Crippen LogP) is 1.76. The minimum absolute atomic E-state index is 0.0322. The molecule has 132 valence electrons. The summed E-state index contributed by atoms with van der Waals surface area (Å²) < 4.78 is 1.88. The summed E-state index contributed by atoms with van der Waals surface area (Å²) in [5, 5.41) is 4.59. The predicted molar refractivity (Wildman–Crippen MR) is 95.2 cm³/mol. The fraction of sp³-hybridized carbons (Fsp3) is 0.421. The number of piperidine rings is 1. The van der Waals surface area contributed by atoms with E-state index in [2.05, 4.69) is 5.10 Å². The zero-order valence-electron chi connectivity index (χ0n) is 14.7. The van der Waals surface area contributed by atoms with Crippen LogP contribution < -0.4 is 5.73 Å². The normalized spacial score (nSPS) is 17.5. The summed E-state index contributed by atoms with van der Waals surface area (Å²) in [6.45, 7) is 5.03. The maximum absolute atomic E-state index is 12.7. The molecule has 2 aromatic rings. The molecule has 0 radical (unpaired) electrons. The van der Waals surface area contributed by atoms with Crippen molar-refractivity contribution >= 4 is 11.8 Å². The number of hydrogen-bond acceptors (Lipinski definition) is 3. The smallest absolute Gasteiger partial charge is 0.227 e. The van der Waals surface area contributed by atoms with Crippen molar-refractivity contribution in [1.29, 1.82) is 0 Å². The van der Waals surface area contributed by atoms with Gasteiger partial charge < -0.3 is 10.6 Å². The minimum atomic E-state index is -0.318. The number of carbonyl (C=O) groups is 2. The molecule has 1 aromatic heterocycles. The van der Waals surface area contributed by atoms with E-state index in [0.29, 0.717) is 19.5 Å². The molecule has 1 aliphatic rings. The molecule has 1 unspecified atom stereocenters. The first-order chi connectivity index (χ1) is 12.0. The Kier molecular flexibility index (Phi) is 4.88. The van der Waals surface area contributed by atoms with Gasteiger partial charge in [-0.15, -0.1) is 0 Å². The summed E-state index contributed by atoms with van der Waals surface area (Å²) in [6, 6.07) is 9.88. The number of primary amides is 1. The lowest BCUT2D eigenvalue weighted by molar-refractivity contribution is -0.134. The van der Waals surface area contributed by atoms with Gasteiger partial charge in [0.05, 0.1) is 23.7 Å². The van der Waals surface area contributed by atoms with Crippen molar-refractivity contribution in [3.05, 3.63) is 47.3 Å². The number of aryl methyl sites for hydroxylation is 1. The third-order valence-corrected chi connectivity index (χ3v) is 4.95. The summed E-state index contributed by atoms with van der Waals surface area (Å²) in [5.41, 5.74) is 9.17. The molecule has 0 saturated carbocycles. The molecule has 1 fully saturated rings. The number of hydrogen-bond donors (Lipinski definition) is 1. The molecular formula is C19H24N4O2. The summed E-state index contributed by atoms with van der Waals surface area (Å²) in [5.74, 6) is -0.515. The Hall–Kier alpha value is -2.63. The largest absolute Gasteiger partial charge is 0.369 e. The fourth-order valence-electron chi connectivity index (χ4n) is 3.45. The van der Waals surface area contributed by atoms with Crippen molar-refractivity contribution in [3.8, 4) is 5.69 Å². The van der Waals surface area contributed by atoms with Gasteiger partial charge in [0.15, 0.2) is 0 Å². The number of aromatic nitrogens is 2. The third-order valence-electron chi connectivity index (χ3n) is 4.95. The van der Waals surface area contributed by atoms with Crippen LogP contribution in [0.2, 0.25) is 0 Å². The second-order valence-corrected chi connectivity index (χ2v) is 6.65. The van der Waals surface area contributed by atoms with Crippen LogP contribution in [0.4, 0.5) is 0 Å². The van der Waals surface area contributed by atoms with E-state index in [-0.39, 0.29) is 17.7 Å². The van der Waals surface area contributed by atoms with Crippen molar-refractivity contribution in [2.24, 2.45) is 11.7 Å². The molecule has 2 amide bonds. The number of likely N-dealkylation sites (tertiary alicyclic amines) is 1. The maximum atomic E-state index is 12.7. The Morgan fingerprint density at radius 2 is 1.96 bits per heavy atom. The van der Waals surface area contributed by atoms with Gasteiger partial charge in [0.1, 0.15) is 0 Å². The highest BCUT2D eigenvalue weighted by atomic mass is 16.2. The molecule has 0 bridgehead atoms. The van der Waals surface area contributed by atoms with Crippen LogP contribution in [0.15, 0.2) is 30.3 Å². The van der Waals surface area contributed by atoms with E-state index in [1.54, 1.807) is 4.90 Å². The highest BCUT2D eigenvalue weighted by Crippen LogP contribution is 2.21. The molecule has 1 aromatic carbocycles. The Morgan fingerprint density at radius 3 is 2.64 bits per heavy atom. The number of nitrogens with zero attached hydrogens (tertiary/aromatic N) is 3. The minimum Gasteiger partial charge on any atom is -0.369 e. The topological polar surface area (TPSA) is 81.2 Å². The zero-order valence-corrected chi connectivity index (χ0v) is 14.7. The van der Waals surface area contributed by atoms with E-state index < -0.39 is 0 Å². The second kappa shape index (κ2) is 7.09. The van der Waals surface area contributed by atoms with Crippen LogP contribution in [-0.4, -0.2) is 39.6 Å². The summed E-state index contributed by atoms with van der Waals surface area (Å²) in [6.07, 6.45) is 1.89. The van der Waals surface area contributed by atoms with Gasteiger partial charge in [-0.1, -0.05) is 18.2 Å². The average Bonchev–Trinajstić information content (AvgIpc) is 2.90. The van der Waals surface area contributed by atoms with Gasteiger partial charge in [-0.3, -0.25) is 9.59 Å². The molecule has 1 atom stereocenters. The maximum Gasteiger partial charge on any atom is 0.227 e. The molecular weight excluding hydrogens is 316 g/mol. The molecule has 3 rings (SSSR count). The van der Waals surface area contributed by atoms with Crippen LogP contribution in [-0.2, 0) is 16.0 Å². The third kappa shape index (κ3) is 3.57. The van der Waals surface area contributed by atoms with Crippen molar-refractivity contribution < 1.29 is 9.59 Å². The monoisotopic (exact) mass is 340 g/mol. The van der Waals surface area contributed by atoms with Crippen LogP contribution in [0.3, 0.4) is 0 Å². The van der Waals surface area contributed by atoms with Gasteiger partial charge in [-0.05, 0) is 38.8 Å². The molecule has 25 heavy (non-hydrogen) atoms. The van der Waals surface area contributed by atoms with Crippen molar-refractivity contribution in [2.75, 3.05) is 13.1 Å². The molecule has 0 spiro atoms. The van der Waals surface area contributed by atoms with E-state index in [9.17, 15) is 9.59 Å². The zero-order chi connectivity index (χ0) is 18.0. The van der Waals surface area contributed by atoms with Gasteiger partial charge >= 0.3 is 0 Å². The molecule has 6 nitrogen and oxygen atoms in total.